The lowest BCUT2D eigenvalue weighted by Gasteiger charge is -2.26. The van der Waals surface area contributed by atoms with Gasteiger partial charge in [0, 0.05) is 13.1 Å². The number of likely N-dealkylation sites (tertiary alicyclic amines) is 1. The summed E-state index contributed by atoms with van der Waals surface area (Å²) in [4.78, 5) is 27.1. The SMILES string of the molecule is Cc1ccc(S(=O)(=O)N(CC(=O)N/N=C\c2ccc(OCC(=O)N3CCCCC3)cc2)c2cc(C)cc(C)c2)cc1. The second-order valence-electron chi connectivity index (χ2n) is 10.3. The van der Waals surface area contributed by atoms with Gasteiger partial charge in [-0.3, -0.25) is 13.9 Å². The first kappa shape index (κ1) is 29.8. The van der Waals surface area contributed by atoms with E-state index in [2.05, 4.69) is 10.5 Å². The molecule has 3 aromatic rings. The van der Waals surface area contributed by atoms with E-state index in [1.165, 1.54) is 18.3 Å². The molecule has 216 valence electrons. The predicted octanol–water partition coefficient (Wildman–Crippen LogP) is 4.35. The largest absolute Gasteiger partial charge is 0.484 e. The molecule has 9 nitrogen and oxygen atoms in total. The molecule has 0 radical (unpaired) electrons. The monoisotopic (exact) mass is 576 g/mol. The summed E-state index contributed by atoms with van der Waals surface area (Å²) in [5.74, 6) is -0.0495. The maximum absolute atomic E-state index is 13.6. The van der Waals surface area contributed by atoms with Crippen molar-refractivity contribution in [1.82, 2.24) is 10.3 Å². The summed E-state index contributed by atoms with van der Waals surface area (Å²) < 4.78 is 33.9. The van der Waals surface area contributed by atoms with E-state index in [4.69, 9.17) is 4.74 Å². The van der Waals surface area contributed by atoms with Crippen molar-refractivity contribution in [1.29, 1.82) is 0 Å². The summed E-state index contributed by atoms with van der Waals surface area (Å²) in [6, 6.07) is 18.9. The van der Waals surface area contributed by atoms with Gasteiger partial charge < -0.3 is 9.64 Å². The van der Waals surface area contributed by atoms with Crippen LogP contribution in [0.1, 0.15) is 41.5 Å². The highest BCUT2D eigenvalue weighted by Crippen LogP contribution is 2.26. The van der Waals surface area contributed by atoms with Crippen molar-refractivity contribution >= 4 is 33.7 Å². The Kier molecular flexibility index (Phi) is 9.78. The summed E-state index contributed by atoms with van der Waals surface area (Å²) in [7, 11) is -4.02. The molecule has 1 aliphatic rings. The number of hydrogen-bond acceptors (Lipinski definition) is 6. The van der Waals surface area contributed by atoms with Crippen molar-refractivity contribution in [2.75, 3.05) is 30.5 Å². The lowest BCUT2D eigenvalue weighted by Crippen LogP contribution is -2.39. The van der Waals surface area contributed by atoms with Crippen LogP contribution < -0.4 is 14.5 Å². The molecule has 4 rings (SSSR count). The van der Waals surface area contributed by atoms with E-state index in [-0.39, 0.29) is 17.4 Å². The molecular weight excluding hydrogens is 540 g/mol. The summed E-state index contributed by atoms with van der Waals surface area (Å²) in [5, 5.41) is 4.01. The molecular formula is C31H36N4O5S. The molecule has 3 aromatic carbocycles. The van der Waals surface area contributed by atoms with Gasteiger partial charge in [-0.15, -0.1) is 0 Å². The second-order valence-corrected chi connectivity index (χ2v) is 12.1. The van der Waals surface area contributed by atoms with E-state index in [1.54, 1.807) is 48.5 Å². The Bertz CT molecular complexity index is 1480. The molecule has 1 heterocycles. The van der Waals surface area contributed by atoms with Crippen molar-refractivity contribution in [2.45, 2.75) is 44.9 Å². The summed E-state index contributed by atoms with van der Waals surface area (Å²) in [6.45, 7) is 6.73. The van der Waals surface area contributed by atoms with Crippen LogP contribution in [0.4, 0.5) is 5.69 Å². The first-order valence-electron chi connectivity index (χ1n) is 13.6. The number of amides is 2. The number of sulfonamides is 1. The Morgan fingerprint density at radius 3 is 2.17 bits per heavy atom. The number of nitrogens with zero attached hydrogens (tertiary/aromatic N) is 3. The number of hydrogen-bond donors (Lipinski definition) is 1. The molecule has 0 unspecified atom stereocenters. The maximum atomic E-state index is 13.6. The average Bonchev–Trinajstić information content (AvgIpc) is 2.95. The number of nitrogens with one attached hydrogen (secondary N) is 1. The zero-order valence-electron chi connectivity index (χ0n) is 23.7. The summed E-state index contributed by atoms with van der Waals surface area (Å²) in [6.07, 6.45) is 4.67. The Labute approximate surface area is 241 Å². The number of hydrazone groups is 1. The topological polar surface area (TPSA) is 108 Å². The Balaban J connectivity index is 1.39. The number of anilines is 1. The van der Waals surface area contributed by atoms with Crippen molar-refractivity contribution < 1.29 is 22.7 Å². The Morgan fingerprint density at radius 1 is 0.902 bits per heavy atom. The van der Waals surface area contributed by atoms with Gasteiger partial charge in [0.1, 0.15) is 12.3 Å². The molecule has 0 spiro atoms. The van der Waals surface area contributed by atoms with Crippen LogP contribution in [0.15, 0.2) is 76.7 Å². The van der Waals surface area contributed by atoms with Crippen molar-refractivity contribution in [3.8, 4) is 5.75 Å². The van der Waals surface area contributed by atoms with Gasteiger partial charge in [-0.05, 0) is 105 Å². The maximum Gasteiger partial charge on any atom is 0.264 e. The third-order valence-electron chi connectivity index (χ3n) is 6.74. The van der Waals surface area contributed by atoms with Crippen molar-refractivity contribution in [3.05, 3.63) is 89.0 Å². The number of benzene rings is 3. The average molecular weight is 577 g/mol. The minimum absolute atomic E-state index is 0.00798. The minimum Gasteiger partial charge on any atom is -0.484 e. The molecule has 2 amide bonds. The van der Waals surface area contributed by atoms with Crippen LogP contribution in [0.25, 0.3) is 0 Å². The van der Waals surface area contributed by atoms with Crippen LogP contribution in [0.2, 0.25) is 0 Å². The quantitative estimate of drug-likeness (QED) is 0.285. The fourth-order valence-corrected chi connectivity index (χ4v) is 6.03. The van der Waals surface area contributed by atoms with E-state index in [0.29, 0.717) is 17.0 Å². The molecule has 1 N–H and O–H groups in total. The number of carbonyl (C=O) groups excluding carboxylic acids is 2. The molecule has 0 aromatic heterocycles. The van der Waals surface area contributed by atoms with Gasteiger partial charge in [0.2, 0.25) is 0 Å². The molecule has 1 aliphatic heterocycles. The molecule has 10 heteroatoms. The number of piperidine rings is 1. The minimum atomic E-state index is -4.02. The standard InChI is InChI=1S/C31H36N4O5S/c1-23-7-13-29(14-8-23)41(38,39)35(27-18-24(2)17-25(3)19-27)21-30(36)33-32-20-26-9-11-28(12-10-26)40-22-31(37)34-15-5-4-6-16-34/h7-14,17-20H,4-6,15-16,21-22H2,1-3H3,(H,33,36)/b32-20-. The van der Waals surface area contributed by atoms with E-state index >= 15 is 0 Å². The third kappa shape index (κ3) is 8.17. The van der Waals surface area contributed by atoms with E-state index in [1.807, 2.05) is 31.7 Å². The lowest BCUT2D eigenvalue weighted by atomic mass is 10.1. The van der Waals surface area contributed by atoms with Crippen LogP contribution in [-0.4, -0.2) is 57.6 Å². The highest BCUT2D eigenvalue weighted by Gasteiger charge is 2.27. The third-order valence-corrected chi connectivity index (χ3v) is 8.53. The molecule has 1 fully saturated rings. The molecule has 0 saturated carbocycles. The van der Waals surface area contributed by atoms with E-state index < -0.39 is 22.5 Å². The molecule has 0 bridgehead atoms. The van der Waals surface area contributed by atoms with Gasteiger partial charge in [-0.2, -0.15) is 5.10 Å². The normalized spacial score (nSPS) is 13.7. The molecule has 1 saturated heterocycles. The van der Waals surface area contributed by atoms with Gasteiger partial charge in [0.25, 0.3) is 21.8 Å². The first-order valence-corrected chi connectivity index (χ1v) is 15.1. The van der Waals surface area contributed by atoms with Crippen molar-refractivity contribution in [3.63, 3.8) is 0 Å². The fourth-order valence-electron chi connectivity index (χ4n) is 4.62. The summed E-state index contributed by atoms with van der Waals surface area (Å²) in [5.41, 5.74) is 6.21. The summed E-state index contributed by atoms with van der Waals surface area (Å²) >= 11 is 0. The van der Waals surface area contributed by atoms with Gasteiger partial charge in [0.15, 0.2) is 6.61 Å². The number of aryl methyl sites for hydroxylation is 3. The molecule has 0 atom stereocenters. The van der Waals surface area contributed by atoms with Gasteiger partial charge >= 0.3 is 0 Å². The molecule has 41 heavy (non-hydrogen) atoms. The van der Waals surface area contributed by atoms with Gasteiger partial charge in [-0.1, -0.05) is 23.8 Å². The first-order chi connectivity index (χ1) is 19.6. The highest BCUT2D eigenvalue weighted by atomic mass is 32.2. The molecule has 0 aliphatic carbocycles. The van der Waals surface area contributed by atoms with E-state index in [0.717, 1.165) is 53.3 Å². The van der Waals surface area contributed by atoms with Gasteiger partial charge in [-0.25, -0.2) is 13.8 Å². The van der Waals surface area contributed by atoms with Crippen LogP contribution in [-0.2, 0) is 19.6 Å². The fraction of sp³-hybridized carbons (Fsp3) is 0.323. The second kappa shape index (κ2) is 13.5. The van der Waals surface area contributed by atoms with Crippen LogP contribution in [0.5, 0.6) is 5.75 Å². The lowest BCUT2D eigenvalue weighted by molar-refractivity contribution is -0.134. The predicted molar refractivity (Wildman–Crippen MR) is 160 cm³/mol. The number of carbonyl (C=O) groups is 2. The van der Waals surface area contributed by atoms with Crippen LogP contribution >= 0.6 is 0 Å². The van der Waals surface area contributed by atoms with E-state index in [9.17, 15) is 18.0 Å². The number of ether oxygens (including phenoxy) is 1. The van der Waals surface area contributed by atoms with Crippen LogP contribution in [0.3, 0.4) is 0 Å². The number of rotatable bonds is 10. The van der Waals surface area contributed by atoms with Crippen LogP contribution in [0, 0.1) is 20.8 Å². The zero-order valence-corrected chi connectivity index (χ0v) is 24.5. The smallest absolute Gasteiger partial charge is 0.264 e. The Hall–Kier alpha value is -4.18. The van der Waals surface area contributed by atoms with Gasteiger partial charge in [0.05, 0.1) is 16.8 Å². The zero-order chi connectivity index (χ0) is 29.4. The highest BCUT2D eigenvalue weighted by molar-refractivity contribution is 7.92. The Morgan fingerprint density at radius 2 is 1.54 bits per heavy atom. The van der Waals surface area contributed by atoms with Crippen molar-refractivity contribution in [2.24, 2.45) is 5.10 Å².